The van der Waals surface area contributed by atoms with Crippen molar-refractivity contribution in [1.29, 1.82) is 0 Å². The number of rotatable bonds is 11. The van der Waals surface area contributed by atoms with Gasteiger partial charge in [-0.1, -0.05) is 39.3 Å². The second-order valence-electron chi connectivity index (χ2n) is 7.20. The Balaban J connectivity index is 1.86. The lowest BCUT2D eigenvalue weighted by Gasteiger charge is -2.23. The third-order valence-electron chi connectivity index (χ3n) is 5.22. The summed E-state index contributed by atoms with van der Waals surface area (Å²) in [5.74, 6) is 2.30. The predicted molar refractivity (Wildman–Crippen MR) is 99.6 cm³/mol. The number of nitrogens with zero attached hydrogens (tertiary/aromatic N) is 1. The highest BCUT2D eigenvalue weighted by atomic mass is 16.5. The lowest BCUT2D eigenvalue weighted by Crippen LogP contribution is -2.25. The molecular weight excluding hydrogens is 298 g/mol. The van der Waals surface area contributed by atoms with Gasteiger partial charge in [0.05, 0.1) is 6.61 Å². The molecule has 1 aromatic rings. The zero-order chi connectivity index (χ0) is 17.4. The van der Waals surface area contributed by atoms with E-state index in [1.165, 1.54) is 17.5 Å². The summed E-state index contributed by atoms with van der Waals surface area (Å²) in [7, 11) is 0. The molecule has 2 rings (SSSR count). The summed E-state index contributed by atoms with van der Waals surface area (Å²) < 4.78 is 5.62. The maximum Gasteiger partial charge on any atom is 0.209 e. The Morgan fingerprint density at radius 3 is 2.83 bits per heavy atom. The second kappa shape index (κ2) is 9.71. The molecule has 1 heterocycles. The van der Waals surface area contributed by atoms with E-state index in [0.29, 0.717) is 11.8 Å². The van der Waals surface area contributed by atoms with E-state index in [1.807, 2.05) is 4.90 Å². The largest absolute Gasteiger partial charge is 0.493 e. The standard InChI is InChI=1S/C21H33NO2/c1-4-6-11-22(16-23)12-9-17(3)14-18(5-2)19-7-8-21-20(15-19)10-13-24-21/h7-8,15-18H,4-6,9-14H2,1-3H3. The number of hydrogen-bond acceptors (Lipinski definition) is 2. The minimum Gasteiger partial charge on any atom is -0.493 e. The minimum absolute atomic E-state index is 0.603. The van der Waals surface area contributed by atoms with Crippen molar-refractivity contribution in [2.24, 2.45) is 5.92 Å². The van der Waals surface area contributed by atoms with Gasteiger partial charge < -0.3 is 9.64 Å². The highest BCUT2D eigenvalue weighted by molar-refractivity contribution is 5.46. The Labute approximate surface area is 147 Å². The average molecular weight is 332 g/mol. The molecule has 0 N–H and O–H groups in total. The normalized spacial score (nSPS) is 15.5. The summed E-state index contributed by atoms with van der Waals surface area (Å²) in [5, 5.41) is 0. The van der Waals surface area contributed by atoms with E-state index in [9.17, 15) is 4.79 Å². The van der Waals surface area contributed by atoms with E-state index < -0.39 is 0 Å². The fourth-order valence-electron chi connectivity index (χ4n) is 3.57. The Kier molecular flexibility index (Phi) is 7.61. The quantitative estimate of drug-likeness (QED) is 0.546. The molecule has 3 nitrogen and oxygen atoms in total. The maximum absolute atomic E-state index is 11.1. The summed E-state index contributed by atoms with van der Waals surface area (Å²) in [4.78, 5) is 13.1. The van der Waals surface area contributed by atoms with Crippen LogP contribution in [0.3, 0.4) is 0 Å². The van der Waals surface area contributed by atoms with Crippen molar-refractivity contribution >= 4 is 6.41 Å². The Morgan fingerprint density at radius 1 is 1.29 bits per heavy atom. The minimum atomic E-state index is 0.603. The molecule has 1 aliphatic rings. The van der Waals surface area contributed by atoms with Gasteiger partial charge in [-0.2, -0.15) is 0 Å². The van der Waals surface area contributed by atoms with E-state index in [-0.39, 0.29) is 0 Å². The summed E-state index contributed by atoms with van der Waals surface area (Å²) in [6, 6.07) is 6.73. The highest BCUT2D eigenvalue weighted by Gasteiger charge is 2.18. The molecule has 2 unspecified atom stereocenters. The summed E-state index contributed by atoms with van der Waals surface area (Å²) >= 11 is 0. The molecule has 2 atom stereocenters. The average Bonchev–Trinajstić information content (AvgIpc) is 3.07. The van der Waals surface area contributed by atoms with Gasteiger partial charge in [0, 0.05) is 19.5 Å². The van der Waals surface area contributed by atoms with Crippen LogP contribution in [0.25, 0.3) is 0 Å². The summed E-state index contributed by atoms with van der Waals surface area (Å²) in [6.45, 7) is 9.38. The number of unbranched alkanes of at least 4 members (excludes halogenated alkanes) is 1. The first-order chi connectivity index (χ1) is 11.7. The second-order valence-corrected chi connectivity index (χ2v) is 7.20. The van der Waals surface area contributed by atoms with Crippen molar-refractivity contribution in [2.45, 2.75) is 65.2 Å². The van der Waals surface area contributed by atoms with Gasteiger partial charge in [0.25, 0.3) is 0 Å². The third kappa shape index (κ3) is 5.25. The zero-order valence-electron chi connectivity index (χ0n) is 15.6. The molecule has 0 saturated carbocycles. The molecule has 1 aromatic carbocycles. The molecule has 0 spiro atoms. The SMILES string of the molecule is CCCCN(C=O)CCC(C)CC(CC)c1ccc2c(c1)CCO2. The molecule has 0 bridgehead atoms. The smallest absolute Gasteiger partial charge is 0.209 e. The molecule has 0 saturated heterocycles. The molecule has 24 heavy (non-hydrogen) atoms. The number of amides is 1. The lowest BCUT2D eigenvalue weighted by molar-refractivity contribution is -0.118. The summed E-state index contributed by atoms with van der Waals surface area (Å²) in [6.07, 6.45) is 7.74. The first-order valence-electron chi connectivity index (χ1n) is 9.62. The molecule has 134 valence electrons. The Morgan fingerprint density at radius 2 is 2.12 bits per heavy atom. The molecule has 1 amide bonds. The van der Waals surface area contributed by atoms with Crippen molar-refractivity contribution in [3.8, 4) is 5.75 Å². The fourth-order valence-corrected chi connectivity index (χ4v) is 3.57. The van der Waals surface area contributed by atoms with E-state index in [4.69, 9.17) is 4.74 Å². The van der Waals surface area contributed by atoms with Crippen LogP contribution < -0.4 is 4.74 Å². The van der Waals surface area contributed by atoms with Crippen LogP contribution in [0, 0.1) is 5.92 Å². The number of carbonyl (C=O) groups is 1. The monoisotopic (exact) mass is 331 g/mol. The van der Waals surface area contributed by atoms with Gasteiger partial charge >= 0.3 is 0 Å². The van der Waals surface area contributed by atoms with E-state index in [2.05, 4.69) is 39.0 Å². The van der Waals surface area contributed by atoms with E-state index in [1.54, 1.807) is 0 Å². The van der Waals surface area contributed by atoms with Crippen LogP contribution in [0.5, 0.6) is 5.75 Å². The number of benzene rings is 1. The number of carbonyl (C=O) groups excluding carboxylic acids is 1. The van der Waals surface area contributed by atoms with Crippen molar-refractivity contribution in [1.82, 2.24) is 4.90 Å². The number of ether oxygens (including phenoxy) is 1. The van der Waals surface area contributed by atoms with Gasteiger partial charge in [0.1, 0.15) is 5.75 Å². The molecule has 3 heteroatoms. The van der Waals surface area contributed by atoms with Gasteiger partial charge in [-0.25, -0.2) is 0 Å². The highest BCUT2D eigenvalue weighted by Crippen LogP contribution is 2.33. The van der Waals surface area contributed by atoms with Gasteiger partial charge in [-0.15, -0.1) is 0 Å². The Hall–Kier alpha value is -1.51. The van der Waals surface area contributed by atoms with E-state index >= 15 is 0 Å². The van der Waals surface area contributed by atoms with Crippen molar-refractivity contribution in [2.75, 3.05) is 19.7 Å². The van der Waals surface area contributed by atoms with Crippen LogP contribution in [0.1, 0.15) is 69.9 Å². The molecular formula is C21H33NO2. The first kappa shape index (κ1) is 18.8. The molecule has 1 aliphatic heterocycles. The van der Waals surface area contributed by atoms with Gasteiger partial charge in [-0.3, -0.25) is 4.79 Å². The van der Waals surface area contributed by atoms with Crippen LogP contribution in [0.15, 0.2) is 18.2 Å². The molecule has 0 aliphatic carbocycles. The van der Waals surface area contributed by atoms with Gasteiger partial charge in [0.2, 0.25) is 6.41 Å². The van der Waals surface area contributed by atoms with Crippen LogP contribution in [0.2, 0.25) is 0 Å². The fraction of sp³-hybridized carbons (Fsp3) is 0.667. The van der Waals surface area contributed by atoms with Crippen LogP contribution in [-0.4, -0.2) is 31.0 Å². The topological polar surface area (TPSA) is 29.5 Å². The molecule has 0 fully saturated rings. The third-order valence-corrected chi connectivity index (χ3v) is 5.22. The number of hydrogen-bond donors (Lipinski definition) is 0. The van der Waals surface area contributed by atoms with Crippen LogP contribution in [0.4, 0.5) is 0 Å². The van der Waals surface area contributed by atoms with Crippen LogP contribution >= 0.6 is 0 Å². The van der Waals surface area contributed by atoms with Gasteiger partial charge in [-0.05, 0) is 54.7 Å². The number of fused-ring (bicyclic) bond motifs is 1. The van der Waals surface area contributed by atoms with Crippen LogP contribution in [-0.2, 0) is 11.2 Å². The Bertz CT molecular complexity index is 515. The molecule has 0 radical (unpaired) electrons. The van der Waals surface area contributed by atoms with Crippen molar-refractivity contribution in [3.63, 3.8) is 0 Å². The molecule has 0 aromatic heterocycles. The zero-order valence-corrected chi connectivity index (χ0v) is 15.6. The first-order valence-corrected chi connectivity index (χ1v) is 9.62. The maximum atomic E-state index is 11.1. The lowest BCUT2D eigenvalue weighted by atomic mass is 9.85. The van der Waals surface area contributed by atoms with E-state index in [0.717, 1.165) is 64.0 Å². The van der Waals surface area contributed by atoms with Crippen molar-refractivity contribution in [3.05, 3.63) is 29.3 Å². The van der Waals surface area contributed by atoms with Gasteiger partial charge in [0.15, 0.2) is 0 Å². The predicted octanol–water partition coefficient (Wildman–Crippen LogP) is 4.79. The van der Waals surface area contributed by atoms with Crippen molar-refractivity contribution < 1.29 is 9.53 Å². The summed E-state index contributed by atoms with van der Waals surface area (Å²) in [5.41, 5.74) is 2.82.